The van der Waals surface area contributed by atoms with Crippen molar-refractivity contribution in [3.63, 3.8) is 0 Å². The molecule has 3 heterocycles. The summed E-state index contributed by atoms with van der Waals surface area (Å²) in [6.45, 7) is 7.49. The molecule has 3 aromatic rings. The summed E-state index contributed by atoms with van der Waals surface area (Å²) in [5.41, 5.74) is 3.58. The van der Waals surface area contributed by atoms with Crippen molar-refractivity contribution >= 4 is 46.2 Å². The number of aromatic nitrogens is 3. The summed E-state index contributed by atoms with van der Waals surface area (Å²) in [5, 5.41) is 13.4. The predicted octanol–water partition coefficient (Wildman–Crippen LogP) is 3.79. The van der Waals surface area contributed by atoms with Crippen molar-refractivity contribution in [1.82, 2.24) is 25.2 Å². The molecule has 2 unspecified atom stereocenters. The molecule has 2 saturated heterocycles. The van der Waals surface area contributed by atoms with Gasteiger partial charge >= 0.3 is 0 Å². The van der Waals surface area contributed by atoms with Crippen LogP contribution in [0.3, 0.4) is 0 Å². The Morgan fingerprint density at radius 2 is 1.97 bits per heavy atom. The van der Waals surface area contributed by atoms with Gasteiger partial charge in [0.25, 0.3) is 0 Å². The van der Waals surface area contributed by atoms with Gasteiger partial charge in [0.1, 0.15) is 11.8 Å². The topological polar surface area (TPSA) is 66.3 Å². The highest BCUT2D eigenvalue weighted by Crippen LogP contribution is 2.31. The van der Waals surface area contributed by atoms with Gasteiger partial charge in [-0.3, -0.25) is 4.90 Å². The molecule has 174 valence electrons. The number of piperazine rings is 1. The van der Waals surface area contributed by atoms with Gasteiger partial charge in [-0.2, -0.15) is 0 Å². The lowest BCUT2D eigenvalue weighted by atomic mass is 9.98. The van der Waals surface area contributed by atoms with E-state index in [1.54, 1.807) is 6.07 Å². The SMILES string of the molecule is CC(c1ccc(Cl)cc1Cl)n1nnc2ccc(N3CCN(CC4(C=O)CCCN4)CC3)cc21. The van der Waals surface area contributed by atoms with Crippen molar-refractivity contribution in [3.05, 3.63) is 52.0 Å². The molecule has 2 aliphatic rings. The molecule has 0 aliphatic carbocycles. The van der Waals surface area contributed by atoms with Gasteiger partial charge in [-0.15, -0.1) is 5.10 Å². The summed E-state index contributed by atoms with van der Waals surface area (Å²) in [6, 6.07) is 11.8. The Hall–Kier alpha value is -2.19. The van der Waals surface area contributed by atoms with Gasteiger partial charge < -0.3 is 15.0 Å². The number of fused-ring (bicyclic) bond motifs is 1. The highest BCUT2D eigenvalue weighted by molar-refractivity contribution is 6.35. The van der Waals surface area contributed by atoms with Crippen LogP contribution in [0.5, 0.6) is 0 Å². The second-order valence-corrected chi connectivity index (χ2v) is 9.96. The first-order chi connectivity index (χ1) is 16.0. The lowest BCUT2D eigenvalue weighted by molar-refractivity contribution is -0.113. The molecule has 1 aromatic heterocycles. The first-order valence-electron chi connectivity index (χ1n) is 11.5. The Bertz CT molecular complexity index is 1150. The first kappa shape index (κ1) is 22.6. The van der Waals surface area contributed by atoms with Crippen molar-refractivity contribution in [3.8, 4) is 0 Å². The summed E-state index contributed by atoms with van der Waals surface area (Å²) in [6.07, 6.45) is 3.11. The first-order valence-corrected chi connectivity index (χ1v) is 12.2. The van der Waals surface area contributed by atoms with Crippen molar-refractivity contribution in [2.24, 2.45) is 0 Å². The van der Waals surface area contributed by atoms with Gasteiger partial charge in [-0.25, -0.2) is 4.68 Å². The number of hydrogen-bond donors (Lipinski definition) is 1. The zero-order chi connectivity index (χ0) is 23.0. The Morgan fingerprint density at radius 1 is 1.15 bits per heavy atom. The standard InChI is InChI=1S/C24H28Cl2N6O/c1-17(20-5-3-18(25)13-21(20)26)32-23-14-19(4-6-22(23)28-29-32)31-11-9-30(10-12-31)15-24(16-33)7-2-8-27-24/h3-6,13-14,16-17,27H,2,7-12,15H2,1H3. The fourth-order valence-electron chi connectivity index (χ4n) is 5.04. The van der Waals surface area contributed by atoms with Gasteiger partial charge in [0, 0.05) is 48.5 Å². The summed E-state index contributed by atoms with van der Waals surface area (Å²) < 4.78 is 1.92. The highest BCUT2D eigenvalue weighted by atomic mass is 35.5. The van der Waals surface area contributed by atoms with Crippen LogP contribution in [0.15, 0.2) is 36.4 Å². The third kappa shape index (κ3) is 4.47. The van der Waals surface area contributed by atoms with Crippen LogP contribution in [-0.2, 0) is 4.79 Å². The average molecular weight is 487 g/mol. The Morgan fingerprint density at radius 3 is 2.67 bits per heavy atom. The van der Waals surface area contributed by atoms with Crippen molar-refractivity contribution < 1.29 is 4.79 Å². The van der Waals surface area contributed by atoms with E-state index in [1.165, 1.54) is 0 Å². The second kappa shape index (κ2) is 9.22. The number of aldehydes is 1. The van der Waals surface area contributed by atoms with E-state index in [9.17, 15) is 4.79 Å². The normalized spacial score (nSPS) is 22.7. The molecular weight excluding hydrogens is 459 g/mol. The van der Waals surface area contributed by atoms with Crippen LogP contribution in [0.25, 0.3) is 11.0 Å². The Labute approximate surface area is 203 Å². The summed E-state index contributed by atoms with van der Waals surface area (Å²) >= 11 is 12.5. The molecule has 33 heavy (non-hydrogen) atoms. The maximum Gasteiger partial charge on any atom is 0.141 e. The molecule has 0 amide bonds. The number of carbonyl (C=O) groups is 1. The third-order valence-electron chi connectivity index (χ3n) is 6.98. The quantitative estimate of drug-likeness (QED) is 0.534. The molecule has 2 aliphatic heterocycles. The molecule has 9 heteroatoms. The Kier molecular flexibility index (Phi) is 6.31. The van der Waals surface area contributed by atoms with Crippen LogP contribution in [0.2, 0.25) is 10.0 Å². The highest BCUT2D eigenvalue weighted by Gasteiger charge is 2.35. The van der Waals surface area contributed by atoms with Gasteiger partial charge in [0.15, 0.2) is 0 Å². The minimum Gasteiger partial charge on any atom is -0.369 e. The minimum absolute atomic E-state index is 0.0784. The Balaban J connectivity index is 1.32. The van der Waals surface area contributed by atoms with Crippen LogP contribution in [0.4, 0.5) is 5.69 Å². The molecule has 1 N–H and O–H groups in total. The van der Waals surface area contributed by atoms with Crippen LogP contribution in [0.1, 0.15) is 31.4 Å². The zero-order valence-electron chi connectivity index (χ0n) is 18.7. The van der Waals surface area contributed by atoms with E-state index in [-0.39, 0.29) is 11.6 Å². The number of hydrogen-bond acceptors (Lipinski definition) is 6. The van der Waals surface area contributed by atoms with E-state index >= 15 is 0 Å². The van der Waals surface area contributed by atoms with Crippen LogP contribution >= 0.6 is 23.2 Å². The molecule has 0 saturated carbocycles. The van der Waals surface area contributed by atoms with Crippen LogP contribution in [0, 0.1) is 0 Å². The number of halogens is 2. The van der Waals surface area contributed by atoms with Gasteiger partial charge in [-0.05, 0) is 62.2 Å². The maximum atomic E-state index is 11.7. The van der Waals surface area contributed by atoms with Crippen molar-refractivity contribution in [2.45, 2.75) is 31.3 Å². The molecule has 2 atom stereocenters. The maximum absolute atomic E-state index is 11.7. The molecule has 0 spiro atoms. The van der Waals surface area contributed by atoms with E-state index in [0.717, 1.165) is 80.7 Å². The lowest BCUT2D eigenvalue weighted by Crippen LogP contribution is -2.56. The average Bonchev–Trinajstić information content (AvgIpc) is 3.46. The molecular formula is C24H28Cl2N6O. The number of benzene rings is 2. The largest absolute Gasteiger partial charge is 0.369 e. The van der Waals surface area contributed by atoms with E-state index in [4.69, 9.17) is 23.2 Å². The monoisotopic (exact) mass is 486 g/mol. The van der Waals surface area contributed by atoms with Crippen molar-refractivity contribution in [1.29, 1.82) is 0 Å². The van der Waals surface area contributed by atoms with Gasteiger partial charge in [0.2, 0.25) is 0 Å². The van der Waals surface area contributed by atoms with E-state index < -0.39 is 0 Å². The number of nitrogens with one attached hydrogen (secondary N) is 1. The smallest absolute Gasteiger partial charge is 0.141 e. The fraction of sp³-hybridized carbons (Fsp3) is 0.458. The van der Waals surface area contributed by atoms with Crippen LogP contribution < -0.4 is 10.2 Å². The molecule has 0 bridgehead atoms. The number of nitrogens with zero attached hydrogens (tertiary/aromatic N) is 5. The second-order valence-electron chi connectivity index (χ2n) is 9.12. The molecule has 5 rings (SSSR count). The fourth-order valence-corrected chi connectivity index (χ4v) is 5.61. The summed E-state index contributed by atoms with van der Waals surface area (Å²) in [7, 11) is 0. The molecule has 0 radical (unpaired) electrons. The predicted molar refractivity (Wildman–Crippen MR) is 132 cm³/mol. The molecule has 7 nitrogen and oxygen atoms in total. The molecule has 2 fully saturated rings. The van der Waals surface area contributed by atoms with Gasteiger partial charge in [-0.1, -0.05) is 34.5 Å². The van der Waals surface area contributed by atoms with Crippen molar-refractivity contribution in [2.75, 3.05) is 44.2 Å². The minimum atomic E-state index is -0.363. The number of rotatable bonds is 6. The van der Waals surface area contributed by atoms with E-state index in [2.05, 4.69) is 44.5 Å². The lowest BCUT2D eigenvalue weighted by Gasteiger charge is -2.39. The zero-order valence-corrected chi connectivity index (χ0v) is 20.2. The third-order valence-corrected chi connectivity index (χ3v) is 7.54. The number of anilines is 1. The van der Waals surface area contributed by atoms with Crippen LogP contribution in [-0.4, -0.2) is 71.0 Å². The molecule has 2 aromatic carbocycles. The van der Waals surface area contributed by atoms with Gasteiger partial charge in [0.05, 0.1) is 17.1 Å². The summed E-state index contributed by atoms with van der Waals surface area (Å²) in [5.74, 6) is 0. The van der Waals surface area contributed by atoms with E-state index in [0.29, 0.717) is 10.0 Å². The summed E-state index contributed by atoms with van der Waals surface area (Å²) in [4.78, 5) is 16.5. The number of carbonyl (C=O) groups excluding carboxylic acids is 1. The van der Waals surface area contributed by atoms with E-state index in [1.807, 2.05) is 22.9 Å².